The number of rotatable bonds is 10. The molecule has 0 aliphatic carbocycles. The van der Waals surface area contributed by atoms with Gasteiger partial charge < -0.3 is 19.7 Å². The molecule has 1 N–H and O–H groups in total. The molecule has 31 heavy (non-hydrogen) atoms. The van der Waals surface area contributed by atoms with Crippen LogP contribution in [0.5, 0.6) is 0 Å². The molecular weight excluding hydrogens is 505 g/mol. The number of benzene rings is 1. The fourth-order valence-electron chi connectivity index (χ4n) is 3.50. The molecule has 0 spiro atoms. The largest absolute Gasteiger partial charge is 0.381 e. The number of hydrogen-bond donors (Lipinski definition) is 1. The molecule has 0 radical (unpaired) electrons. The van der Waals surface area contributed by atoms with Crippen molar-refractivity contribution in [1.82, 2.24) is 20.0 Å². The van der Waals surface area contributed by atoms with Crippen molar-refractivity contribution >= 4 is 29.9 Å². The van der Waals surface area contributed by atoms with Crippen LogP contribution in [-0.4, -0.2) is 67.2 Å². The Morgan fingerprint density at radius 2 is 2.06 bits per heavy atom. The van der Waals surface area contributed by atoms with E-state index in [-0.39, 0.29) is 24.0 Å². The van der Waals surface area contributed by atoms with Crippen molar-refractivity contribution in [2.45, 2.75) is 32.7 Å². The molecule has 0 unspecified atom stereocenters. The highest BCUT2D eigenvalue weighted by atomic mass is 127. The maximum atomic E-state index is 5.85. The van der Waals surface area contributed by atoms with Crippen LogP contribution in [0.2, 0.25) is 0 Å². The minimum absolute atomic E-state index is 0. The first-order valence-corrected chi connectivity index (χ1v) is 11.0. The van der Waals surface area contributed by atoms with Crippen molar-refractivity contribution in [3.8, 4) is 5.69 Å². The Labute approximate surface area is 203 Å². The number of nitrogens with zero attached hydrogens (tertiary/aromatic N) is 4. The van der Waals surface area contributed by atoms with E-state index in [2.05, 4.69) is 47.6 Å². The van der Waals surface area contributed by atoms with Crippen LogP contribution in [-0.2, 0) is 16.0 Å². The van der Waals surface area contributed by atoms with Gasteiger partial charge in [-0.05, 0) is 44.2 Å². The fraction of sp³-hybridized carbons (Fsp3) is 0.565. The Morgan fingerprint density at radius 3 is 2.81 bits per heavy atom. The number of aromatic nitrogens is 2. The first-order chi connectivity index (χ1) is 14.8. The predicted octanol–water partition coefficient (Wildman–Crippen LogP) is 3.72. The number of hydrogen-bond acceptors (Lipinski definition) is 4. The van der Waals surface area contributed by atoms with Crippen LogP contribution < -0.4 is 5.32 Å². The third-order valence-corrected chi connectivity index (χ3v) is 5.18. The molecule has 1 saturated heterocycles. The van der Waals surface area contributed by atoms with Crippen molar-refractivity contribution in [2.24, 2.45) is 10.9 Å². The second-order valence-corrected chi connectivity index (χ2v) is 7.70. The Hall–Kier alpha value is -1.65. The minimum atomic E-state index is 0. The molecule has 7 nitrogen and oxygen atoms in total. The summed E-state index contributed by atoms with van der Waals surface area (Å²) in [6.45, 7) is 7.79. The highest BCUT2D eigenvalue weighted by Gasteiger charge is 2.13. The summed E-state index contributed by atoms with van der Waals surface area (Å²) in [7, 11) is 2.06. The van der Waals surface area contributed by atoms with Crippen LogP contribution in [0.25, 0.3) is 5.69 Å². The lowest BCUT2D eigenvalue weighted by molar-refractivity contribution is 0.0205. The SMILES string of the molecule is CCNC(=NCCCOCC1CCOCC1)N(C)Cc1cnn(-c2ccccc2)c1.I. The molecule has 0 bridgehead atoms. The van der Waals surface area contributed by atoms with Gasteiger partial charge in [-0.3, -0.25) is 4.99 Å². The molecule has 0 saturated carbocycles. The molecule has 0 atom stereocenters. The zero-order valence-corrected chi connectivity index (χ0v) is 21.0. The summed E-state index contributed by atoms with van der Waals surface area (Å²) in [6, 6.07) is 10.2. The van der Waals surface area contributed by atoms with Gasteiger partial charge in [0.25, 0.3) is 0 Å². The second kappa shape index (κ2) is 14.4. The van der Waals surface area contributed by atoms with Crippen molar-refractivity contribution in [2.75, 3.05) is 46.6 Å². The maximum absolute atomic E-state index is 5.85. The average molecular weight is 541 g/mol. The summed E-state index contributed by atoms with van der Waals surface area (Å²) < 4.78 is 13.1. The van der Waals surface area contributed by atoms with Crippen LogP contribution in [0.1, 0.15) is 31.7 Å². The lowest BCUT2D eigenvalue weighted by Gasteiger charge is -2.22. The Balaban J connectivity index is 0.00000341. The number of halogens is 1. The van der Waals surface area contributed by atoms with Gasteiger partial charge in [0.15, 0.2) is 5.96 Å². The minimum Gasteiger partial charge on any atom is -0.381 e. The van der Waals surface area contributed by atoms with Crippen LogP contribution in [0.4, 0.5) is 0 Å². The van der Waals surface area contributed by atoms with Gasteiger partial charge in [0, 0.05) is 64.9 Å². The van der Waals surface area contributed by atoms with E-state index in [1.165, 1.54) is 0 Å². The topological polar surface area (TPSA) is 63.9 Å². The summed E-state index contributed by atoms with van der Waals surface area (Å²) in [5.74, 6) is 1.57. The molecule has 1 aliphatic rings. The van der Waals surface area contributed by atoms with Crippen LogP contribution >= 0.6 is 24.0 Å². The highest BCUT2D eigenvalue weighted by Crippen LogP contribution is 2.14. The first kappa shape index (κ1) is 25.6. The van der Waals surface area contributed by atoms with Crippen molar-refractivity contribution < 1.29 is 9.47 Å². The monoisotopic (exact) mass is 541 g/mol. The maximum Gasteiger partial charge on any atom is 0.193 e. The van der Waals surface area contributed by atoms with Crippen molar-refractivity contribution in [3.05, 3.63) is 48.3 Å². The zero-order chi connectivity index (χ0) is 21.0. The van der Waals surface area contributed by atoms with E-state index < -0.39 is 0 Å². The van der Waals surface area contributed by atoms with E-state index in [1.807, 2.05) is 29.1 Å². The van der Waals surface area contributed by atoms with E-state index >= 15 is 0 Å². The molecule has 0 amide bonds. The van der Waals surface area contributed by atoms with E-state index in [0.29, 0.717) is 5.92 Å². The molecular formula is C23H36IN5O2. The van der Waals surface area contributed by atoms with Gasteiger partial charge in [-0.25, -0.2) is 4.68 Å². The van der Waals surface area contributed by atoms with Gasteiger partial charge in [-0.15, -0.1) is 24.0 Å². The highest BCUT2D eigenvalue weighted by molar-refractivity contribution is 14.0. The normalized spacial score (nSPS) is 14.8. The van der Waals surface area contributed by atoms with Gasteiger partial charge in [-0.1, -0.05) is 18.2 Å². The number of para-hydroxylation sites is 1. The summed E-state index contributed by atoms with van der Waals surface area (Å²) in [4.78, 5) is 6.90. The zero-order valence-electron chi connectivity index (χ0n) is 18.7. The third-order valence-electron chi connectivity index (χ3n) is 5.18. The predicted molar refractivity (Wildman–Crippen MR) is 135 cm³/mol. The van der Waals surface area contributed by atoms with Crippen LogP contribution in [0.15, 0.2) is 47.7 Å². The molecule has 2 aromatic rings. The van der Waals surface area contributed by atoms with Gasteiger partial charge in [0.1, 0.15) is 0 Å². The Kier molecular flexibility index (Phi) is 11.9. The molecule has 1 aromatic carbocycles. The molecule has 1 aromatic heterocycles. The quantitative estimate of drug-likeness (QED) is 0.215. The summed E-state index contributed by atoms with van der Waals surface area (Å²) >= 11 is 0. The fourth-order valence-corrected chi connectivity index (χ4v) is 3.50. The number of aliphatic imine (C=N–C) groups is 1. The molecule has 172 valence electrons. The molecule has 8 heteroatoms. The summed E-state index contributed by atoms with van der Waals surface area (Å²) in [6.07, 6.45) is 7.15. The molecule has 1 aliphatic heterocycles. The van der Waals surface area contributed by atoms with Crippen molar-refractivity contribution in [3.63, 3.8) is 0 Å². The molecule has 3 rings (SSSR count). The molecule has 2 heterocycles. The van der Waals surface area contributed by atoms with Gasteiger partial charge in [-0.2, -0.15) is 5.10 Å². The van der Waals surface area contributed by atoms with Crippen LogP contribution in [0.3, 0.4) is 0 Å². The second-order valence-electron chi connectivity index (χ2n) is 7.70. The lowest BCUT2D eigenvalue weighted by atomic mass is 10.0. The summed E-state index contributed by atoms with van der Waals surface area (Å²) in [5, 5.41) is 7.86. The van der Waals surface area contributed by atoms with Gasteiger partial charge >= 0.3 is 0 Å². The first-order valence-electron chi connectivity index (χ1n) is 11.0. The lowest BCUT2D eigenvalue weighted by Crippen LogP contribution is -2.38. The van der Waals surface area contributed by atoms with Gasteiger partial charge in [0.2, 0.25) is 0 Å². The number of guanidine groups is 1. The van der Waals surface area contributed by atoms with E-state index in [9.17, 15) is 0 Å². The average Bonchev–Trinajstić information content (AvgIpc) is 3.25. The van der Waals surface area contributed by atoms with E-state index in [4.69, 9.17) is 14.5 Å². The smallest absolute Gasteiger partial charge is 0.193 e. The standard InChI is InChI=1S/C23H35N5O2.HI/c1-3-24-23(25-12-7-13-30-19-20-10-14-29-15-11-20)27(2)17-21-16-26-28(18-21)22-8-5-4-6-9-22;/h4-6,8-9,16,18,20H,3,7,10-15,17,19H2,1-2H3,(H,24,25);1H. The number of ether oxygens (including phenoxy) is 2. The number of nitrogens with one attached hydrogen (secondary N) is 1. The third kappa shape index (κ3) is 8.78. The van der Waals surface area contributed by atoms with Crippen LogP contribution in [0, 0.1) is 5.92 Å². The van der Waals surface area contributed by atoms with Gasteiger partial charge in [0.05, 0.1) is 11.9 Å². The summed E-state index contributed by atoms with van der Waals surface area (Å²) in [5.41, 5.74) is 2.21. The van der Waals surface area contributed by atoms with E-state index in [1.54, 1.807) is 0 Å². The van der Waals surface area contributed by atoms with Crippen molar-refractivity contribution in [1.29, 1.82) is 0 Å². The molecule has 1 fully saturated rings. The Bertz CT molecular complexity index is 762. The Morgan fingerprint density at radius 1 is 1.29 bits per heavy atom. The van der Waals surface area contributed by atoms with E-state index in [0.717, 1.165) is 82.5 Å².